The molecule has 0 bridgehead atoms. The molecule has 0 saturated carbocycles. The van der Waals surface area contributed by atoms with E-state index >= 15 is 0 Å². The lowest BCUT2D eigenvalue weighted by atomic mass is 9.94. The standard InChI is InChI=1S/C23H22F3N5O/c1-12-4-7-31-19(8-12)29-13(2)22(31)23(32)30-6-5-15(18(27)11-30)21(28-3)14-9-16(24)20(26)17(25)10-14/h4,7-10H,5-6,11,27H2,1-3H3. The van der Waals surface area contributed by atoms with Gasteiger partial charge in [0.25, 0.3) is 5.91 Å². The minimum absolute atomic E-state index is 0.0922. The summed E-state index contributed by atoms with van der Waals surface area (Å²) in [7, 11) is 1.47. The average Bonchev–Trinajstić information content (AvgIpc) is 3.07. The maximum Gasteiger partial charge on any atom is 0.273 e. The quantitative estimate of drug-likeness (QED) is 0.499. The van der Waals surface area contributed by atoms with Crippen LogP contribution in [0.5, 0.6) is 0 Å². The lowest BCUT2D eigenvalue weighted by molar-refractivity contribution is 0.0756. The molecule has 32 heavy (non-hydrogen) atoms. The molecular weight excluding hydrogens is 419 g/mol. The monoisotopic (exact) mass is 441 g/mol. The van der Waals surface area contributed by atoms with Gasteiger partial charge in [-0.3, -0.25) is 14.2 Å². The summed E-state index contributed by atoms with van der Waals surface area (Å²) < 4.78 is 42.6. The first-order valence-electron chi connectivity index (χ1n) is 10.1. The van der Waals surface area contributed by atoms with Crippen molar-refractivity contribution < 1.29 is 18.0 Å². The molecule has 2 N–H and O–H groups in total. The number of nitrogens with zero attached hydrogens (tertiary/aromatic N) is 4. The van der Waals surface area contributed by atoms with Gasteiger partial charge in [-0.25, -0.2) is 18.2 Å². The van der Waals surface area contributed by atoms with Gasteiger partial charge in [-0.05, 0) is 50.1 Å². The van der Waals surface area contributed by atoms with E-state index in [1.807, 2.05) is 25.3 Å². The minimum atomic E-state index is -1.54. The van der Waals surface area contributed by atoms with E-state index in [2.05, 4.69) is 9.98 Å². The lowest BCUT2D eigenvalue weighted by Crippen LogP contribution is -2.41. The van der Waals surface area contributed by atoms with Crippen LogP contribution < -0.4 is 5.73 Å². The summed E-state index contributed by atoms with van der Waals surface area (Å²) in [6.45, 7) is 4.19. The Morgan fingerprint density at radius 1 is 1.16 bits per heavy atom. The van der Waals surface area contributed by atoms with Crippen molar-refractivity contribution in [2.45, 2.75) is 20.3 Å². The normalized spacial score (nSPS) is 15.1. The zero-order valence-electron chi connectivity index (χ0n) is 17.9. The second-order valence-corrected chi connectivity index (χ2v) is 7.78. The minimum Gasteiger partial charge on any atom is -0.400 e. The SMILES string of the molecule is CN=C(C1=C(N)CN(C(=O)c2c(C)nc3cc(C)ccn23)CC1)c1cc(F)c(F)c(F)c1. The van der Waals surface area contributed by atoms with E-state index in [0.29, 0.717) is 41.3 Å². The molecule has 0 fully saturated rings. The summed E-state index contributed by atoms with van der Waals surface area (Å²) in [5, 5.41) is 0. The van der Waals surface area contributed by atoms with Gasteiger partial charge in [0.2, 0.25) is 0 Å². The maximum absolute atomic E-state index is 13.7. The molecule has 6 nitrogen and oxygen atoms in total. The number of imidazole rings is 1. The van der Waals surface area contributed by atoms with Crippen LogP contribution in [-0.2, 0) is 0 Å². The van der Waals surface area contributed by atoms with Crippen LogP contribution in [0.3, 0.4) is 0 Å². The molecule has 166 valence electrons. The number of aromatic nitrogens is 2. The molecule has 0 saturated heterocycles. The summed E-state index contributed by atoms with van der Waals surface area (Å²) in [5.41, 5.74) is 10.4. The number of fused-ring (bicyclic) bond motifs is 1. The van der Waals surface area contributed by atoms with E-state index in [4.69, 9.17) is 5.73 Å². The molecular formula is C23H22F3N5O. The molecule has 1 amide bonds. The third-order valence-corrected chi connectivity index (χ3v) is 5.59. The highest BCUT2D eigenvalue weighted by Crippen LogP contribution is 2.25. The maximum atomic E-state index is 13.7. The number of aryl methyl sites for hydroxylation is 2. The number of hydrogen-bond acceptors (Lipinski definition) is 4. The smallest absolute Gasteiger partial charge is 0.273 e. The van der Waals surface area contributed by atoms with Gasteiger partial charge in [-0.2, -0.15) is 0 Å². The van der Waals surface area contributed by atoms with Crippen molar-refractivity contribution in [1.82, 2.24) is 14.3 Å². The van der Waals surface area contributed by atoms with Crippen LogP contribution in [0.2, 0.25) is 0 Å². The summed E-state index contributed by atoms with van der Waals surface area (Å²) in [5.74, 6) is -4.35. The molecule has 3 aromatic rings. The average molecular weight is 441 g/mol. The second-order valence-electron chi connectivity index (χ2n) is 7.78. The predicted octanol–water partition coefficient (Wildman–Crippen LogP) is 3.55. The van der Waals surface area contributed by atoms with Crippen LogP contribution in [0.4, 0.5) is 13.2 Å². The fourth-order valence-corrected chi connectivity index (χ4v) is 4.03. The van der Waals surface area contributed by atoms with E-state index in [1.54, 1.807) is 16.2 Å². The number of benzene rings is 1. The lowest BCUT2D eigenvalue weighted by Gasteiger charge is -2.30. The molecule has 0 unspecified atom stereocenters. The number of aliphatic imine (C=N–C) groups is 1. The van der Waals surface area contributed by atoms with Crippen LogP contribution in [0.1, 0.15) is 33.7 Å². The number of rotatable bonds is 3. The summed E-state index contributed by atoms with van der Waals surface area (Å²) in [4.78, 5) is 23.5. The van der Waals surface area contributed by atoms with Gasteiger partial charge in [-0.15, -0.1) is 0 Å². The topological polar surface area (TPSA) is 76.0 Å². The van der Waals surface area contributed by atoms with E-state index in [0.717, 1.165) is 17.7 Å². The fourth-order valence-electron chi connectivity index (χ4n) is 4.03. The molecule has 0 radical (unpaired) electrons. The fraction of sp³-hybridized carbons (Fsp3) is 0.261. The number of nitrogens with two attached hydrogens (primary N) is 1. The summed E-state index contributed by atoms with van der Waals surface area (Å²) in [6.07, 6.45) is 2.14. The van der Waals surface area contributed by atoms with E-state index in [-0.39, 0.29) is 23.7 Å². The Morgan fingerprint density at radius 3 is 2.47 bits per heavy atom. The molecule has 0 spiro atoms. The first kappa shape index (κ1) is 21.6. The van der Waals surface area contributed by atoms with Gasteiger partial charge in [-0.1, -0.05) is 0 Å². The predicted molar refractivity (Wildman–Crippen MR) is 115 cm³/mol. The largest absolute Gasteiger partial charge is 0.400 e. The van der Waals surface area contributed by atoms with Gasteiger partial charge in [0.1, 0.15) is 11.3 Å². The van der Waals surface area contributed by atoms with Crippen molar-refractivity contribution in [2.24, 2.45) is 10.7 Å². The van der Waals surface area contributed by atoms with Crippen molar-refractivity contribution in [1.29, 1.82) is 0 Å². The van der Waals surface area contributed by atoms with E-state index in [1.165, 1.54) is 7.05 Å². The number of carbonyl (C=O) groups is 1. The van der Waals surface area contributed by atoms with Crippen molar-refractivity contribution in [3.8, 4) is 0 Å². The van der Waals surface area contributed by atoms with Gasteiger partial charge < -0.3 is 10.6 Å². The number of hydrogen-bond donors (Lipinski definition) is 1. The van der Waals surface area contributed by atoms with Crippen LogP contribution >= 0.6 is 0 Å². The van der Waals surface area contributed by atoms with Gasteiger partial charge in [0.15, 0.2) is 17.5 Å². The number of halogens is 3. The molecule has 1 aliphatic heterocycles. The third kappa shape index (κ3) is 3.63. The molecule has 3 heterocycles. The summed E-state index contributed by atoms with van der Waals surface area (Å²) in [6, 6.07) is 5.58. The zero-order chi connectivity index (χ0) is 23.2. The molecule has 9 heteroatoms. The number of amides is 1. The molecule has 0 atom stereocenters. The molecule has 4 rings (SSSR count). The van der Waals surface area contributed by atoms with Gasteiger partial charge in [0, 0.05) is 36.6 Å². The highest BCUT2D eigenvalue weighted by Gasteiger charge is 2.28. The molecule has 1 aliphatic rings. The molecule has 2 aromatic heterocycles. The van der Waals surface area contributed by atoms with E-state index < -0.39 is 17.5 Å². The van der Waals surface area contributed by atoms with Crippen LogP contribution in [0.15, 0.2) is 46.7 Å². The van der Waals surface area contributed by atoms with Crippen molar-refractivity contribution in [3.05, 3.63) is 81.7 Å². The van der Waals surface area contributed by atoms with Crippen molar-refractivity contribution in [3.63, 3.8) is 0 Å². The first-order chi connectivity index (χ1) is 15.2. The molecule has 1 aromatic carbocycles. The molecule has 0 aliphatic carbocycles. The zero-order valence-corrected chi connectivity index (χ0v) is 17.9. The highest BCUT2D eigenvalue weighted by molar-refractivity contribution is 6.13. The van der Waals surface area contributed by atoms with Crippen LogP contribution in [0.25, 0.3) is 5.65 Å². The van der Waals surface area contributed by atoms with Gasteiger partial charge in [0.05, 0.1) is 18.0 Å². The van der Waals surface area contributed by atoms with Crippen LogP contribution in [0, 0.1) is 31.3 Å². The van der Waals surface area contributed by atoms with Crippen molar-refractivity contribution in [2.75, 3.05) is 20.1 Å². The summed E-state index contributed by atoms with van der Waals surface area (Å²) >= 11 is 0. The Labute approximate surface area is 182 Å². The second kappa shape index (κ2) is 8.14. The van der Waals surface area contributed by atoms with Crippen molar-refractivity contribution >= 4 is 17.3 Å². The Hall–Kier alpha value is -3.62. The Kier molecular flexibility index (Phi) is 5.50. The number of carbonyl (C=O) groups excluding carboxylic acids is 1. The van der Waals surface area contributed by atoms with E-state index in [9.17, 15) is 18.0 Å². The third-order valence-electron chi connectivity index (χ3n) is 5.59. The Morgan fingerprint density at radius 2 is 1.84 bits per heavy atom. The highest BCUT2D eigenvalue weighted by atomic mass is 19.2. The Bertz CT molecular complexity index is 1290. The van der Waals surface area contributed by atoms with Gasteiger partial charge >= 0.3 is 0 Å². The van der Waals surface area contributed by atoms with Crippen LogP contribution in [-0.4, -0.2) is 46.0 Å². The Balaban J connectivity index is 1.65. The first-order valence-corrected chi connectivity index (χ1v) is 10.1. The number of pyridine rings is 1.